The minimum Gasteiger partial charge on any atom is -0.493 e. The molecule has 0 unspecified atom stereocenters. The molecule has 146 valence electrons. The number of carbonyl (C=O) groups is 3. The van der Waals surface area contributed by atoms with Gasteiger partial charge in [0.15, 0.2) is 11.5 Å². The minimum absolute atomic E-state index is 0.128. The van der Waals surface area contributed by atoms with Crippen LogP contribution in [0.2, 0.25) is 0 Å². The lowest BCUT2D eigenvalue weighted by atomic mass is 10.1. The molecule has 0 radical (unpaired) electrons. The fourth-order valence-corrected chi connectivity index (χ4v) is 3.33. The van der Waals surface area contributed by atoms with Crippen molar-refractivity contribution in [2.45, 2.75) is 13.3 Å². The van der Waals surface area contributed by atoms with Gasteiger partial charge >= 0.3 is 0 Å². The molecule has 0 spiro atoms. The van der Waals surface area contributed by atoms with Crippen molar-refractivity contribution in [1.82, 2.24) is 10.2 Å². The van der Waals surface area contributed by atoms with Crippen LogP contribution in [0, 0.1) is 0 Å². The maximum absolute atomic E-state index is 12.5. The van der Waals surface area contributed by atoms with Gasteiger partial charge in [0.2, 0.25) is 11.7 Å². The first-order valence-corrected chi connectivity index (χ1v) is 9.08. The Balaban J connectivity index is 2.21. The van der Waals surface area contributed by atoms with Crippen molar-refractivity contribution in [3.8, 4) is 17.2 Å². The Morgan fingerprint density at radius 2 is 1.78 bits per heavy atom. The number of nitrogens with one attached hydrogen (secondary N) is 1. The molecule has 0 saturated carbocycles. The zero-order chi connectivity index (χ0) is 20.0. The van der Waals surface area contributed by atoms with E-state index in [1.807, 2.05) is 0 Å². The van der Waals surface area contributed by atoms with Gasteiger partial charge in [-0.15, -0.1) is 0 Å². The number of ether oxygens (including phenoxy) is 3. The van der Waals surface area contributed by atoms with Crippen molar-refractivity contribution in [2.75, 3.05) is 34.4 Å². The Hall–Kier alpha value is -2.68. The van der Waals surface area contributed by atoms with E-state index >= 15 is 0 Å². The number of amides is 3. The zero-order valence-corrected chi connectivity index (χ0v) is 16.5. The van der Waals surface area contributed by atoms with E-state index in [9.17, 15) is 14.4 Å². The summed E-state index contributed by atoms with van der Waals surface area (Å²) in [5, 5.41) is 2.28. The van der Waals surface area contributed by atoms with Gasteiger partial charge in [-0.25, -0.2) is 0 Å². The number of nitrogens with zero attached hydrogens (tertiary/aromatic N) is 1. The van der Waals surface area contributed by atoms with Gasteiger partial charge in [-0.1, -0.05) is 6.92 Å². The van der Waals surface area contributed by atoms with Crippen LogP contribution < -0.4 is 19.5 Å². The fraction of sp³-hybridized carbons (Fsp3) is 0.389. The Labute approximate surface area is 161 Å². The summed E-state index contributed by atoms with van der Waals surface area (Å²) in [5.74, 6) is 0.811. The van der Waals surface area contributed by atoms with E-state index in [4.69, 9.17) is 14.2 Å². The molecule has 27 heavy (non-hydrogen) atoms. The molecule has 8 nitrogen and oxygen atoms in total. The van der Waals surface area contributed by atoms with Crippen LogP contribution in [0.5, 0.6) is 17.2 Å². The van der Waals surface area contributed by atoms with Crippen LogP contribution in [-0.2, 0) is 9.59 Å². The molecular weight excluding hydrogens is 372 g/mol. The molecular formula is C18H22N2O6S. The summed E-state index contributed by atoms with van der Waals surface area (Å²) in [7, 11) is 4.50. The SMILES string of the molecule is CCC(=O)NCCN1C(=O)S/C(=C/c2cc(OC)c(OC)c(OC)c2)C1=O. The van der Waals surface area contributed by atoms with Crippen molar-refractivity contribution in [2.24, 2.45) is 0 Å². The quantitative estimate of drug-likeness (QED) is 0.676. The monoisotopic (exact) mass is 394 g/mol. The normalized spacial score (nSPS) is 15.3. The number of imide groups is 1. The predicted molar refractivity (Wildman–Crippen MR) is 102 cm³/mol. The fourth-order valence-electron chi connectivity index (χ4n) is 2.46. The highest BCUT2D eigenvalue weighted by atomic mass is 32.2. The first-order valence-electron chi connectivity index (χ1n) is 8.27. The lowest BCUT2D eigenvalue weighted by Crippen LogP contribution is -2.37. The van der Waals surface area contributed by atoms with E-state index in [2.05, 4.69) is 5.32 Å². The molecule has 2 rings (SSSR count). The Kier molecular flexibility index (Phi) is 7.12. The molecule has 1 fully saturated rings. The molecule has 1 aromatic carbocycles. The molecule has 9 heteroatoms. The molecule has 1 aliphatic rings. The van der Waals surface area contributed by atoms with Crippen LogP contribution in [0.3, 0.4) is 0 Å². The third kappa shape index (κ3) is 4.73. The second-order valence-corrected chi connectivity index (χ2v) is 6.49. The highest BCUT2D eigenvalue weighted by Crippen LogP contribution is 2.40. The maximum atomic E-state index is 12.5. The molecule has 0 atom stereocenters. The lowest BCUT2D eigenvalue weighted by Gasteiger charge is -2.13. The van der Waals surface area contributed by atoms with E-state index < -0.39 is 5.91 Å². The van der Waals surface area contributed by atoms with Gasteiger partial charge < -0.3 is 19.5 Å². The molecule has 1 N–H and O–H groups in total. The minimum atomic E-state index is -0.399. The van der Waals surface area contributed by atoms with Crippen molar-refractivity contribution in [1.29, 1.82) is 0 Å². The number of carbonyl (C=O) groups excluding carboxylic acids is 3. The van der Waals surface area contributed by atoms with E-state index in [0.29, 0.717) is 29.2 Å². The topological polar surface area (TPSA) is 94.2 Å². The van der Waals surface area contributed by atoms with E-state index in [-0.39, 0.29) is 29.1 Å². The molecule has 0 aliphatic carbocycles. The highest BCUT2D eigenvalue weighted by molar-refractivity contribution is 8.18. The van der Waals surface area contributed by atoms with Gasteiger partial charge in [0.25, 0.3) is 11.1 Å². The Morgan fingerprint density at radius 3 is 2.30 bits per heavy atom. The summed E-state index contributed by atoms with van der Waals surface area (Å²) in [6.45, 7) is 2.08. The molecule has 1 aliphatic heterocycles. The molecule has 1 aromatic rings. The standard InChI is InChI=1S/C18H22N2O6S/c1-5-15(21)19-6-7-20-17(22)14(27-18(20)23)10-11-8-12(24-2)16(26-4)13(9-11)25-3/h8-10H,5-7H2,1-4H3,(H,19,21)/b14-10+. The molecule has 0 bridgehead atoms. The molecule has 0 aromatic heterocycles. The number of thioether (sulfide) groups is 1. The summed E-state index contributed by atoms with van der Waals surface area (Å²) in [6.07, 6.45) is 1.95. The van der Waals surface area contributed by atoms with Gasteiger partial charge in [0.05, 0.1) is 26.2 Å². The van der Waals surface area contributed by atoms with Crippen molar-refractivity contribution in [3.05, 3.63) is 22.6 Å². The predicted octanol–water partition coefficient (Wildman–Crippen LogP) is 2.27. The second-order valence-electron chi connectivity index (χ2n) is 5.50. The largest absolute Gasteiger partial charge is 0.493 e. The van der Waals surface area contributed by atoms with Crippen LogP contribution in [0.1, 0.15) is 18.9 Å². The van der Waals surface area contributed by atoms with Crippen molar-refractivity contribution in [3.63, 3.8) is 0 Å². The summed E-state index contributed by atoms with van der Waals surface area (Å²) in [5.41, 5.74) is 0.634. The van der Waals surface area contributed by atoms with Gasteiger partial charge in [0, 0.05) is 19.5 Å². The van der Waals surface area contributed by atoms with Crippen molar-refractivity contribution < 1.29 is 28.6 Å². The average Bonchev–Trinajstić information content (AvgIpc) is 2.94. The summed E-state index contributed by atoms with van der Waals surface area (Å²) in [4.78, 5) is 37.3. The smallest absolute Gasteiger partial charge is 0.293 e. The van der Waals surface area contributed by atoms with Crippen LogP contribution >= 0.6 is 11.8 Å². The number of hydrogen-bond donors (Lipinski definition) is 1. The summed E-state index contributed by atoms with van der Waals surface area (Å²) < 4.78 is 15.9. The van der Waals surface area contributed by atoms with Gasteiger partial charge in [-0.05, 0) is 35.5 Å². The maximum Gasteiger partial charge on any atom is 0.293 e. The Bertz CT molecular complexity index is 752. The third-order valence-corrected chi connectivity index (χ3v) is 4.74. The molecule has 1 heterocycles. The number of benzene rings is 1. The molecule has 3 amide bonds. The number of rotatable bonds is 8. The number of hydrogen-bond acceptors (Lipinski definition) is 7. The lowest BCUT2D eigenvalue weighted by molar-refractivity contribution is -0.124. The van der Waals surface area contributed by atoms with Gasteiger partial charge in [-0.2, -0.15) is 0 Å². The highest BCUT2D eigenvalue weighted by Gasteiger charge is 2.34. The zero-order valence-electron chi connectivity index (χ0n) is 15.7. The average molecular weight is 394 g/mol. The van der Waals surface area contributed by atoms with Gasteiger partial charge in [-0.3, -0.25) is 19.3 Å². The van der Waals surface area contributed by atoms with E-state index in [0.717, 1.165) is 16.7 Å². The van der Waals surface area contributed by atoms with Crippen LogP contribution in [0.25, 0.3) is 6.08 Å². The third-order valence-electron chi connectivity index (χ3n) is 3.84. The first-order chi connectivity index (χ1) is 12.9. The first kappa shape index (κ1) is 20.6. The van der Waals surface area contributed by atoms with Crippen molar-refractivity contribution >= 4 is 34.9 Å². The Morgan fingerprint density at radius 1 is 1.15 bits per heavy atom. The summed E-state index contributed by atoms with van der Waals surface area (Å²) >= 11 is 0.851. The summed E-state index contributed by atoms with van der Waals surface area (Å²) in [6, 6.07) is 3.38. The van der Waals surface area contributed by atoms with Gasteiger partial charge in [0.1, 0.15) is 0 Å². The van der Waals surface area contributed by atoms with Crippen LogP contribution in [0.15, 0.2) is 17.0 Å². The second kappa shape index (κ2) is 9.31. The van der Waals surface area contributed by atoms with Crippen LogP contribution in [0.4, 0.5) is 4.79 Å². The van der Waals surface area contributed by atoms with E-state index in [1.165, 1.54) is 21.3 Å². The molecule has 1 saturated heterocycles. The van der Waals surface area contributed by atoms with Crippen LogP contribution in [-0.4, -0.2) is 56.4 Å². The number of methoxy groups -OCH3 is 3. The van der Waals surface area contributed by atoms with E-state index in [1.54, 1.807) is 25.1 Å².